The highest BCUT2D eigenvalue weighted by molar-refractivity contribution is 9.11. The number of benzene rings is 2. The molecular weight excluding hydrogens is 396 g/mol. The van der Waals surface area contributed by atoms with Crippen molar-refractivity contribution >= 4 is 43.2 Å². The normalized spacial score (nSPS) is 10.3. The van der Waals surface area contributed by atoms with E-state index in [4.69, 9.17) is 4.74 Å². The summed E-state index contributed by atoms with van der Waals surface area (Å²) in [5.74, 6) is 0.855. The Morgan fingerprint density at radius 1 is 1.14 bits per heavy atom. The predicted octanol–water partition coefficient (Wildman–Crippen LogP) is 4.90. The van der Waals surface area contributed by atoms with E-state index < -0.39 is 0 Å². The SMILES string of the molecule is COc1c(Br)cc(Br)cc1CNc1ccccc1N(C)C. The maximum atomic E-state index is 5.48. The van der Waals surface area contributed by atoms with Gasteiger partial charge in [0.15, 0.2) is 0 Å². The Kier molecular flexibility index (Phi) is 5.53. The van der Waals surface area contributed by atoms with Crippen molar-refractivity contribution in [1.82, 2.24) is 0 Å². The van der Waals surface area contributed by atoms with Crippen LogP contribution in [0.3, 0.4) is 0 Å². The van der Waals surface area contributed by atoms with Gasteiger partial charge in [-0.25, -0.2) is 0 Å². The van der Waals surface area contributed by atoms with Crippen molar-refractivity contribution in [3.63, 3.8) is 0 Å². The van der Waals surface area contributed by atoms with Crippen molar-refractivity contribution < 1.29 is 4.74 Å². The van der Waals surface area contributed by atoms with Crippen LogP contribution in [-0.4, -0.2) is 21.2 Å². The summed E-state index contributed by atoms with van der Waals surface area (Å²) in [6, 6.07) is 12.3. The first-order chi connectivity index (χ1) is 10.0. The van der Waals surface area contributed by atoms with E-state index in [1.54, 1.807) is 7.11 Å². The van der Waals surface area contributed by atoms with Crippen molar-refractivity contribution in [3.05, 3.63) is 50.9 Å². The Bertz CT molecular complexity index is 630. The average Bonchev–Trinajstić information content (AvgIpc) is 2.44. The second-order valence-corrected chi connectivity index (χ2v) is 6.62. The molecule has 0 aliphatic rings. The number of ether oxygens (including phenoxy) is 1. The van der Waals surface area contributed by atoms with Gasteiger partial charge in [0.05, 0.1) is 23.0 Å². The van der Waals surface area contributed by atoms with E-state index in [0.29, 0.717) is 6.54 Å². The molecule has 2 aromatic carbocycles. The second-order valence-electron chi connectivity index (χ2n) is 4.85. The number of methoxy groups -OCH3 is 1. The van der Waals surface area contributed by atoms with Crippen LogP contribution >= 0.6 is 31.9 Å². The van der Waals surface area contributed by atoms with Crippen LogP contribution in [0.4, 0.5) is 11.4 Å². The fraction of sp³-hybridized carbons (Fsp3) is 0.250. The van der Waals surface area contributed by atoms with Crippen LogP contribution in [0.5, 0.6) is 5.75 Å². The van der Waals surface area contributed by atoms with Crippen LogP contribution in [-0.2, 0) is 6.54 Å². The Hall–Kier alpha value is -1.20. The largest absolute Gasteiger partial charge is 0.495 e. The Morgan fingerprint density at radius 2 is 1.86 bits per heavy atom. The van der Waals surface area contributed by atoms with Gasteiger partial charge in [0, 0.05) is 30.7 Å². The quantitative estimate of drug-likeness (QED) is 0.754. The van der Waals surface area contributed by atoms with Crippen molar-refractivity contribution in [2.45, 2.75) is 6.54 Å². The summed E-state index contributed by atoms with van der Waals surface area (Å²) in [7, 11) is 5.76. The maximum absolute atomic E-state index is 5.48. The van der Waals surface area contributed by atoms with Gasteiger partial charge >= 0.3 is 0 Å². The fourth-order valence-corrected chi connectivity index (χ4v) is 3.65. The van der Waals surface area contributed by atoms with Crippen LogP contribution in [0.25, 0.3) is 0 Å². The molecule has 0 fully saturated rings. The average molecular weight is 414 g/mol. The summed E-state index contributed by atoms with van der Waals surface area (Å²) in [5.41, 5.74) is 3.35. The molecule has 0 saturated heterocycles. The first-order valence-electron chi connectivity index (χ1n) is 6.55. The minimum absolute atomic E-state index is 0.687. The minimum Gasteiger partial charge on any atom is -0.495 e. The zero-order valence-corrected chi connectivity index (χ0v) is 15.5. The van der Waals surface area contributed by atoms with E-state index in [1.165, 1.54) is 0 Å². The zero-order chi connectivity index (χ0) is 15.4. The lowest BCUT2D eigenvalue weighted by Crippen LogP contribution is -2.12. The molecule has 0 saturated carbocycles. The molecule has 3 nitrogen and oxygen atoms in total. The van der Waals surface area contributed by atoms with Crippen LogP contribution < -0.4 is 15.0 Å². The van der Waals surface area contributed by atoms with Crippen LogP contribution in [0, 0.1) is 0 Å². The molecule has 2 rings (SSSR count). The standard InChI is InChI=1S/C16H18Br2N2O/c1-20(2)15-7-5-4-6-14(15)19-10-11-8-12(17)9-13(18)16(11)21-3/h4-9,19H,10H2,1-3H3. The third-order valence-electron chi connectivity index (χ3n) is 3.14. The summed E-state index contributed by atoms with van der Waals surface area (Å²) in [6.07, 6.45) is 0. The highest BCUT2D eigenvalue weighted by Gasteiger charge is 2.10. The number of anilines is 2. The first-order valence-corrected chi connectivity index (χ1v) is 8.13. The molecule has 0 amide bonds. The molecule has 0 heterocycles. The molecule has 0 aliphatic heterocycles. The van der Waals surface area contributed by atoms with Crippen LogP contribution in [0.1, 0.15) is 5.56 Å². The molecule has 112 valence electrons. The molecule has 2 aromatic rings. The molecule has 5 heteroatoms. The van der Waals surface area contributed by atoms with Crippen molar-refractivity contribution in [2.75, 3.05) is 31.4 Å². The molecule has 0 aromatic heterocycles. The first kappa shape index (κ1) is 16.2. The summed E-state index contributed by atoms with van der Waals surface area (Å²) in [5, 5.41) is 3.48. The number of para-hydroxylation sites is 2. The highest BCUT2D eigenvalue weighted by Crippen LogP contribution is 2.33. The molecular formula is C16H18Br2N2O. The van der Waals surface area contributed by atoms with Gasteiger partial charge in [0.2, 0.25) is 0 Å². The van der Waals surface area contributed by atoms with Gasteiger partial charge in [-0.1, -0.05) is 28.1 Å². The maximum Gasteiger partial charge on any atom is 0.138 e. The van der Waals surface area contributed by atoms with Crippen LogP contribution in [0.15, 0.2) is 45.3 Å². The summed E-state index contributed by atoms with van der Waals surface area (Å²) in [4.78, 5) is 2.09. The van der Waals surface area contributed by atoms with Gasteiger partial charge in [-0.2, -0.15) is 0 Å². The number of nitrogens with one attached hydrogen (secondary N) is 1. The number of nitrogens with zero attached hydrogens (tertiary/aromatic N) is 1. The molecule has 0 radical (unpaired) electrons. The van der Waals surface area contributed by atoms with Crippen LogP contribution in [0.2, 0.25) is 0 Å². The van der Waals surface area contributed by atoms with E-state index in [-0.39, 0.29) is 0 Å². The lowest BCUT2D eigenvalue weighted by atomic mass is 10.2. The van der Waals surface area contributed by atoms with E-state index >= 15 is 0 Å². The topological polar surface area (TPSA) is 24.5 Å². The fourth-order valence-electron chi connectivity index (χ4n) is 2.18. The minimum atomic E-state index is 0.687. The summed E-state index contributed by atoms with van der Waals surface area (Å²) in [6.45, 7) is 0.687. The van der Waals surface area contributed by atoms with E-state index in [2.05, 4.69) is 60.3 Å². The Balaban J connectivity index is 2.25. The molecule has 1 N–H and O–H groups in total. The van der Waals surface area contributed by atoms with Gasteiger partial charge in [-0.05, 0) is 40.2 Å². The number of hydrogen-bond donors (Lipinski definition) is 1. The number of halogens is 2. The third-order valence-corrected chi connectivity index (χ3v) is 4.19. The Labute approximate surface area is 142 Å². The smallest absolute Gasteiger partial charge is 0.138 e. The zero-order valence-electron chi connectivity index (χ0n) is 12.3. The lowest BCUT2D eigenvalue weighted by Gasteiger charge is -2.19. The molecule has 0 aliphatic carbocycles. The van der Waals surface area contributed by atoms with E-state index in [9.17, 15) is 0 Å². The second kappa shape index (κ2) is 7.18. The number of hydrogen-bond acceptors (Lipinski definition) is 3. The monoisotopic (exact) mass is 412 g/mol. The summed E-state index contributed by atoms with van der Waals surface area (Å²) < 4.78 is 7.44. The Morgan fingerprint density at radius 3 is 2.52 bits per heavy atom. The van der Waals surface area contributed by atoms with E-state index in [1.807, 2.05) is 32.3 Å². The third kappa shape index (κ3) is 3.92. The van der Waals surface area contributed by atoms with Crippen molar-refractivity contribution in [2.24, 2.45) is 0 Å². The molecule has 0 spiro atoms. The van der Waals surface area contributed by atoms with Gasteiger partial charge in [-0.15, -0.1) is 0 Å². The number of rotatable bonds is 5. The van der Waals surface area contributed by atoms with E-state index in [0.717, 1.165) is 31.6 Å². The van der Waals surface area contributed by atoms with Gasteiger partial charge in [-0.3, -0.25) is 0 Å². The van der Waals surface area contributed by atoms with Crippen molar-refractivity contribution in [3.8, 4) is 5.75 Å². The van der Waals surface area contributed by atoms with Crippen molar-refractivity contribution in [1.29, 1.82) is 0 Å². The van der Waals surface area contributed by atoms with Gasteiger partial charge in [0.1, 0.15) is 5.75 Å². The summed E-state index contributed by atoms with van der Waals surface area (Å²) >= 11 is 7.05. The highest BCUT2D eigenvalue weighted by atomic mass is 79.9. The molecule has 0 unspecified atom stereocenters. The molecule has 0 bridgehead atoms. The molecule has 0 atom stereocenters. The lowest BCUT2D eigenvalue weighted by molar-refractivity contribution is 0.407. The van der Waals surface area contributed by atoms with Gasteiger partial charge in [0.25, 0.3) is 0 Å². The van der Waals surface area contributed by atoms with Gasteiger partial charge < -0.3 is 15.0 Å². The molecule has 21 heavy (non-hydrogen) atoms. The predicted molar refractivity (Wildman–Crippen MR) is 96.5 cm³/mol.